The molecule has 0 spiro atoms. The molecule has 0 fully saturated rings. The lowest BCUT2D eigenvalue weighted by molar-refractivity contribution is 0.0140. The van der Waals surface area contributed by atoms with Crippen molar-refractivity contribution in [3.05, 3.63) is 65.2 Å². The molecule has 6 nitrogen and oxygen atoms in total. The van der Waals surface area contributed by atoms with E-state index in [9.17, 15) is 15.0 Å². The zero-order valence-corrected chi connectivity index (χ0v) is 15.8. The van der Waals surface area contributed by atoms with E-state index in [0.29, 0.717) is 11.3 Å². The fourth-order valence-electron chi connectivity index (χ4n) is 2.67. The van der Waals surface area contributed by atoms with Gasteiger partial charge in [0.05, 0.1) is 6.10 Å². The van der Waals surface area contributed by atoms with Gasteiger partial charge < -0.3 is 26.0 Å². The van der Waals surface area contributed by atoms with E-state index < -0.39 is 18.3 Å². The number of amides is 1. The van der Waals surface area contributed by atoms with Crippen LogP contribution in [0.25, 0.3) is 0 Å². The van der Waals surface area contributed by atoms with E-state index >= 15 is 0 Å². The maximum absolute atomic E-state index is 11.7. The number of ether oxygens (including phenoxy) is 1. The molecule has 1 amide bonds. The lowest BCUT2D eigenvalue weighted by atomic mass is 9.94. The molecule has 2 atom stereocenters. The molecule has 0 radical (unpaired) electrons. The van der Waals surface area contributed by atoms with Gasteiger partial charge in [0.1, 0.15) is 12.7 Å². The summed E-state index contributed by atoms with van der Waals surface area (Å²) in [6.45, 7) is 4.44. The molecule has 2 aromatic rings. The van der Waals surface area contributed by atoms with Crippen LogP contribution in [0, 0.1) is 0 Å². The monoisotopic (exact) mass is 372 g/mol. The van der Waals surface area contributed by atoms with Crippen molar-refractivity contribution >= 4 is 11.8 Å². The van der Waals surface area contributed by atoms with Gasteiger partial charge in [-0.1, -0.05) is 56.3 Å². The Labute approximate surface area is 160 Å². The molecule has 0 saturated heterocycles. The number of alkyl carbamates (subject to hydrolysis) is 1. The predicted molar refractivity (Wildman–Crippen MR) is 105 cm³/mol. The number of nitrogens with one attached hydrogen (secondary N) is 1. The Bertz CT molecular complexity index is 734. The van der Waals surface area contributed by atoms with E-state index in [2.05, 4.69) is 5.32 Å². The molecule has 5 N–H and O–H groups in total. The van der Waals surface area contributed by atoms with E-state index in [4.69, 9.17) is 10.5 Å². The zero-order valence-electron chi connectivity index (χ0n) is 15.8. The first-order valence-corrected chi connectivity index (χ1v) is 9.08. The molecule has 0 aliphatic heterocycles. The minimum Gasteiger partial charge on any atom is -0.445 e. The Balaban J connectivity index is 1.80. The number of hydrogen-bond acceptors (Lipinski definition) is 5. The summed E-state index contributed by atoms with van der Waals surface area (Å²) in [6.07, 6.45) is -2.57. The smallest absolute Gasteiger partial charge is 0.407 e. The first kappa shape index (κ1) is 20.7. The quantitative estimate of drug-likeness (QED) is 0.533. The molecule has 27 heavy (non-hydrogen) atoms. The van der Waals surface area contributed by atoms with Crippen molar-refractivity contribution in [3.63, 3.8) is 0 Å². The maximum Gasteiger partial charge on any atom is 0.407 e. The molecule has 146 valence electrons. The van der Waals surface area contributed by atoms with E-state index in [-0.39, 0.29) is 25.5 Å². The van der Waals surface area contributed by atoms with Gasteiger partial charge in [-0.25, -0.2) is 4.79 Å². The molecule has 2 unspecified atom stereocenters. The second-order valence-corrected chi connectivity index (χ2v) is 6.83. The minimum atomic E-state index is -1.12. The van der Waals surface area contributed by atoms with Crippen molar-refractivity contribution in [2.75, 3.05) is 12.3 Å². The number of aliphatic hydroxyl groups is 2. The highest BCUT2D eigenvalue weighted by molar-refractivity contribution is 5.67. The number of rotatable bonds is 8. The molecule has 2 rings (SSSR count). The van der Waals surface area contributed by atoms with Gasteiger partial charge in [-0.05, 0) is 29.5 Å². The molecule has 6 heteroatoms. The van der Waals surface area contributed by atoms with Crippen molar-refractivity contribution < 1.29 is 19.7 Å². The Morgan fingerprint density at radius 1 is 1.15 bits per heavy atom. The lowest BCUT2D eigenvalue weighted by Crippen LogP contribution is -2.30. The van der Waals surface area contributed by atoms with E-state index in [1.807, 2.05) is 56.3 Å². The van der Waals surface area contributed by atoms with E-state index in [1.165, 1.54) is 0 Å². The van der Waals surface area contributed by atoms with Gasteiger partial charge in [0.2, 0.25) is 0 Å². The van der Waals surface area contributed by atoms with Gasteiger partial charge >= 0.3 is 6.09 Å². The van der Waals surface area contributed by atoms with Crippen LogP contribution in [-0.2, 0) is 11.3 Å². The number of benzene rings is 2. The van der Waals surface area contributed by atoms with Crippen LogP contribution in [0.3, 0.4) is 0 Å². The SMILES string of the molecule is CC(C)c1ccc(N)c(C(O)C(O)CCNC(=O)OCc2ccccc2)c1. The van der Waals surface area contributed by atoms with Gasteiger partial charge in [-0.15, -0.1) is 0 Å². The van der Waals surface area contributed by atoms with Gasteiger partial charge in [-0.2, -0.15) is 0 Å². The third-order valence-electron chi connectivity index (χ3n) is 4.38. The molecule has 0 aromatic heterocycles. The molecule has 0 heterocycles. The maximum atomic E-state index is 11.7. The summed E-state index contributed by atoms with van der Waals surface area (Å²) in [7, 11) is 0. The van der Waals surface area contributed by atoms with Gasteiger partial charge in [0.15, 0.2) is 0 Å². The van der Waals surface area contributed by atoms with Gasteiger partial charge in [0.25, 0.3) is 0 Å². The predicted octanol–water partition coefficient (Wildman–Crippen LogP) is 3.10. The topological polar surface area (TPSA) is 105 Å². The fourth-order valence-corrected chi connectivity index (χ4v) is 2.67. The number of nitrogen functional groups attached to an aromatic ring is 1. The van der Waals surface area contributed by atoms with Crippen LogP contribution in [0.1, 0.15) is 49.0 Å². The number of aliphatic hydroxyl groups excluding tert-OH is 2. The van der Waals surface area contributed by atoms with Crippen LogP contribution in [0.5, 0.6) is 0 Å². The molecular weight excluding hydrogens is 344 g/mol. The van der Waals surface area contributed by atoms with Crippen LogP contribution in [-0.4, -0.2) is 29.0 Å². The van der Waals surface area contributed by atoms with Crippen molar-refractivity contribution in [1.82, 2.24) is 5.32 Å². The highest BCUT2D eigenvalue weighted by Gasteiger charge is 2.21. The van der Waals surface area contributed by atoms with Gasteiger partial charge in [0, 0.05) is 17.8 Å². The average molecular weight is 372 g/mol. The van der Waals surface area contributed by atoms with Crippen molar-refractivity contribution in [1.29, 1.82) is 0 Å². The number of nitrogens with two attached hydrogens (primary N) is 1. The number of carbonyl (C=O) groups is 1. The molecule has 0 bridgehead atoms. The first-order chi connectivity index (χ1) is 12.9. The standard InChI is InChI=1S/C21H28N2O4/c1-14(2)16-8-9-18(22)17(12-16)20(25)19(24)10-11-23-21(26)27-13-15-6-4-3-5-7-15/h3-9,12,14,19-20,24-25H,10-11,13,22H2,1-2H3,(H,23,26). The second kappa shape index (κ2) is 9.94. The zero-order chi connectivity index (χ0) is 19.8. The second-order valence-electron chi connectivity index (χ2n) is 6.83. The summed E-state index contributed by atoms with van der Waals surface area (Å²) >= 11 is 0. The Hall–Kier alpha value is -2.57. The third-order valence-corrected chi connectivity index (χ3v) is 4.38. The van der Waals surface area contributed by atoms with Crippen molar-refractivity contribution in [2.24, 2.45) is 0 Å². The van der Waals surface area contributed by atoms with Gasteiger partial charge in [-0.3, -0.25) is 0 Å². The molecule has 0 aliphatic carbocycles. The first-order valence-electron chi connectivity index (χ1n) is 9.08. The fraction of sp³-hybridized carbons (Fsp3) is 0.381. The summed E-state index contributed by atoms with van der Waals surface area (Å²) in [4.78, 5) is 11.7. The van der Waals surface area contributed by atoms with E-state index in [0.717, 1.165) is 11.1 Å². The molecule has 0 aliphatic rings. The van der Waals surface area contributed by atoms with Crippen LogP contribution in [0.15, 0.2) is 48.5 Å². The summed E-state index contributed by atoms with van der Waals surface area (Å²) in [6, 6.07) is 14.8. The van der Waals surface area contributed by atoms with Crippen LogP contribution in [0.4, 0.5) is 10.5 Å². The summed E-state index contributed by atoms with van der Waals surface area (Å²) in [5, 5.41) is 23.2. The van der Waals surface area contributed by atoms with Crippen LogP contribution < -0.4 is 11.1 Å². The molecule has 0 saturated carbocycles. The highest BCUT2D eigenvalue weighted by Crippen LogP contribution is 2.28. The Kier molecular flexibility index (Phi) is 7.64. The Morgan fingerprint density at radius 2 is 1.85 bits per heavy atom. The third kappa shape index (κ3) is 6.27. The van der Waals surface area contributed by atoms with Crippen molar-refractivity contribution in [2.45, 2.75) is 45.0 Å². The summed E-state index contributed by atoms with van der Waals surface area (Å²) < 4.78 is 5.10. The van der Waals surface area contributed by atoms with E-state index in [1.54, 1.807) is 6.07 Å². The number of carbonyl (C=O) groups excluding carboxylic acids is 1. The normalized spacial score (nSPS) is 13.2. The summed E-state index contributed by atoms with van der Waals surface area (Å²) in [5.41, 5.74) is 8.80. The molecular formula is C21H28N2O4. The summed E-state index contributed by atoms with van der Waals surface area (Å²) in [5.74, 6) is 0.287. The largest absolute Gasteiger partial charge is 0.445 e. The molecule has 2 aromatic carbocycles. The minimum absolute atomic E-state index is 0.174. The van der Waals surface area contributed by atoms with Crippen LogP contribution in [0.2, 0.25) is 0 Å². The lowest BCUT2D eigenvalue weighted by Gasteiger charge is -2.21. The Morgan fingerprint density at radius 3 is 2.52 bits per heavy atom. The highest BCUT2D eigenvalue weighted by atomic mass is 16.5. The van der Waals surface area contributed by atoms with Crippen LogP contribution >= 0.6 is 0 Å². The van der Waals surface area contributed by atoms with Crippen molar-refractivity contribution in [3.8, 4) is 0 Å². The average Bonchev–Trinajstić information content (AvgIpc) is 2.66. The number of anilines is 1. The number of hydrogen-bond donors (Lipinski definition) is 4.